The highest BCUT2D eigenvalue weighted by Gasteiger charge is 1.95. The molecule has 2 heteroatoms. The lowest BCUT2D eigenvalue weighted by Crippen LogP contribution is -2.08. The van der Waals surface area contributed by atoms with Gasteiger partial charge < -0.3 is 9.84 Å². The molecule has 0 bridgehead atoms. The number of hydrogen-bond acceptors (Lipinski definition) is 2. The first-order valence-electron chi connectivity index (χ1n) is 3.22. The van der Waals surface area contributed by atoms with Crippen molar-refractivity contribution >= 4 is 0 Å². The van der Waals surface area contributed by atoms with Crippen LogP contribution in [0.1, 0.15) is 13.8 Å². The van der Waals surface area contributed by atoms with Crippen LogP contribution in [-0.2, 0) is 4.74 Å². The lowest BCUT2D eigenvalue weighted by molar-refractivity contribution is -0.0526. The van der Waals surface area contributed by atoms with E-state index in [1.807, 2.05) is 13.8 Å². The molecule has 0 rings (SSSR count). The van der Waals surface area contributed by atoms with Gasteiger partial charge in [-0.1, -0.05) is 11.6 Å². The molecule has 0 aromatic carbocycles. The summed E-state index contributed by atoms with van der Waals surface area (Å²) in [6, 6.07) is 0. The Hall–Kier alpha value is -0.600. The van der Waals surface area contributed by atoms with Crippen molar-refractivity contribution in [2.45, 2.75) is 20.1 Å². The SMILES string of the molecule is C=CCOC(O)C=C(C)C. The number of ether oxygens (including phenoxy) is 1. The van der Waals surface area contributed by atoms with Crippen LogP contribution in [0.2, 0.25) is 0 Å². The Labute approximate surface area is 61.8 Å². The van der Waals surface area contributed by atoms with E-state index >= 15 is 0 Å². The molecule has 0 aliphatic carbocycles. The van der Waals surface area contributed by atoms with Crippen LogP contribution in [0.5, 0.6) is 0 Å². The summed E-state index contributed by atoms with van der Waals surface area (Å²) in [5.74, 6) is 0. The Bertz CT molecular complexity index is 123. The Morgan fingerprint density at radius 3 is 2.70 bits per heavy atom. The van der Waals surface area contributed by atoms with E-state index in [-0.39, 0.29) is 0 Å². The number of aliphatic hydroxyl groups excluding tert-OH is 1. The summed E-state index contributed by atoms with van der Waals surface area (Å²) in [5, 5.41) is 9.00. The number of rotatable bonds is 4. The van der Waals surface area contributed by atoms with Gasteiger partial charge in [0.05, 0.1) is 6.61 Å². The summed E-state index contributed by atoms with van der Waals surface area (Å²) in [7, 11) is 0. The molecule has 2 nitrogen and oxygen atoms in total. The van der Waals surface area contributed by atoms with Crippen molar-refractivity contribution in [1.29, 1.82) is 0 Å². The van der Waals surface area contributed by atoms with Gasteiger partial charge in [0.15, 0.2) is 6.29 Å². The van der Waals surface area contributed by atoms with Gasteiger partial charge in [-0.15, -0.1) is 6.58 Å². The second kappa shape index (κ2) is 5.21. The molecule has 0 aliphatic rings. The molecule has 0 saturated heterocycles. The highest BCUT2D eigenvalue weighted by molar-refractivity contribution is 4.95. The minimum Gasteiger partial charge on any atom is -0.365 e. The largest absolute Gasteiger partial charge is 0.365 e. The smallest absolute Gasteiger partial charge is 0.174 e. The van der Waals surface area contributed by atoms with Gasteiger partial charge in [0.2, 0.25) is 0 Å². The van der Waals surface area contributed by atoms with Crippen molar-refractivity contribution in [1.82, 2.24) is 0 Å². The van der Waals surface area contributed by atoms with E-state index in [0.717, 1.165) is 5.57 Å². The summed E-state index contributed by atoms with van der Waals surface area (Å²) in [5.41, 5.74) is 1.04. The zero-order valence-corrected chi connectivity index (χ0v) is 6.50. The van der Waals surface area contributed by atoms with Gasteiger partial charge >= 0.3 is 0 Å². The Morgan fingerprint density at radius 1 is 1.70 bits per heavy atom. The molecular formula is C8H14O2. The van der Waals surface area contributed by atoms with Crippen molar-refractivity contribution in [3.05, 3.63) is 24.3 Å². The van der Waals surface area contributed by atoms with E-state index in [2.05, 4.69) is 6.58 Å². The van der Waals surface area contributed by atoms with Crippen LogP contribution in [0.3, 0.4) is 0 Å². The van der Waals surface area contributed by atoms with E-state index in [9.17, 15) is 0 Å². The van der Waals surface area contributed by atoms with Gasteiger partial charge in [-0.05, 0) is 19.9 Å². The van der Waals surface area contributed by atoms with Gasteiger partial charge in [-0.25, -0.2) is 0 Å². The molecule has 0 aromatic heterocycles. The predicted molar refractivity (Wildman–Crippen MR) is 41.6 cm³/mol. The average molecular weight is 142 g/mol. The van der Waals surface area contributed by atoms with Crippen molar-refractivity contribution in [3.63, 3.8) is 0 Å². The minimum atomic E-state index is -0.789. The zero-order valence-electron chi connectivity index (χ0n) is 6.50. The second-order valence-corrected chi connectivity index (χ2v) is 2.26. The molecular weight excluding hydrogens is 128 g/mol. The van der Waals surface area contributed by atoms with E-state index in [0.29, 0.717) is 6.61 Å². The van der Waals surface area contributed by atoms with Gasteiger partial charge in [0.1, 0.15) is 0 Å². The Morgan fingerprint density at radius 2 is 2.30 bits per heavy atom. The van der Waals surface area contributed by atoms with E-state index < -0.39 is 6.29 Å². The summed E-state index contributed by atoms with van der Waals surface area (Å²) in [6.45, 7) is 7.64. The molecule has 0 aliphatic heterocycles. The monoisotopic (exact) mass is 142 g/mol. The lowest BCUT2D eigenvalue weighted by Gasteiger charge is -2.04. The third kappa shape index (κ3) is 5.54. The van der Waals surface area contributed by atoms with Crippen LogP contribution in [0.25, 0.3) is 0 Å². The van der Waals surface area contributed by atoms with Crippen LogP contribution >= 0.6 is 0 Å². The zero-order chi connectivity index (χ0) is 7.98. The standard InChI is InChI=1S/C8H14O2/c1-4-5-10-8(9)6-7(2)3/h4,6,8-9H,1,5H2,2-3H3. The predicted octanol–water partition coefficient (Wildman–Crippen LogP) is 1.47. The van der Waals surface area contributed by atoms with Gasteiger partial charge in [-0.2, -0.15) is 0 Å². The third-order valence-corrected chi connectivity index (χ3v) is 0.861. The van der Waals surface area contributed by atoms with Crippen LogP contribution in [0.15, 0.2) is 24.3 Å². The molecule has 58 valence electrons. The molecule has 1 N–H and O–H groups in total. The van der Waals surface area contributed by atoms with Crippen molar-refractivity contribution < 1.29 is 9.84 Å². The molecule has 0 saturated carbocycles. The number of aliphatic hydroxyl groups is 1. The van der Waals surface area contributed by atoms with E-state index in [1.54, 1.807) is 12.2 Å². The molecule has 0 radical (unpaired) electrons. The van der Waals surface area contributed by atoms with Crippen LogP contribution in [-0.4, -0.2) is 18.0 Å². The van der Waals surface area contributed by atoms with E-state index in [4.69, 9.17) is 9.84 Å². The van der Waals surface area contributed by atoms with Crippen molar-refractivity contribution in [2.24, 2.45) is 0 Å². The fourth-order valence-corrected chi connectivity index (χ4v) is 0.500. The Balaban J connectivity index is 3.52. The first kappa shape index (κ1) is 9.40. The normalized spacial score (nSPS) is 12.3. The fourth-order valence-electron chi connectivity index (χ4n) is 0.500. The van der Waals surface area contributed by atoms with Gasteiger partial charge in [0, 0.05) is 0 Å². The lowest BCUT2D eigenvalue weighted by atomic mass is 10.3. The van der Waals surface area contributed by atoms with Crippen LogP contribution < -0.4 is 0 Å². The number of hydrogen-bond donors (Lipinski definition) is 1. The molecule has 1 atom stereocenters. The topological polar surface area (TPSA) is 29.5 Å². The number of allylic oxidation sites excluding steroid dienone is 1. The highest BCUT2D eigenvalue weighted by atomic mass is 16.6. The van der Waals surface area contributed by atoms with Crippen LogP contribution in [0.4, 0.5) is 0 Å². The summed E-state index contributed by atoms with van der Waals surface area (Å²) >= 11 is 0. The maximum Gasteiger partial charge on any atom is 0.174 e. The molecule has 10 heavy (non-hydrogen) atoms. The quantitative estimate of drug-likeness (QED) is 0.476. The summed E-state index contributed by atoms with van der Waals surface area (Å²) in [6.07, 6.45) is 2.45. The highest BCUT2D eigenvalue weighted by Crippen LogP contribution is 1.95. The average Bonchev–Trinajstić information content (AvgIpc) is 1.82. The van der Waals surface area contributed by atoms with Gasteiger partial charge in [-0.3, -0.25) is 0 Å². The maximum atomic E-state index is 9.00. The molecule has 0 amide bonds. The summed E-state index contributed by atoms with van der Waals surface area (Å²) < 4.78 is 4.86. The first-order chi connectivity index (χ1) is 4.66. The van der Waals surface area contributed by atoms with Crippen LogP contribution in [0, 0.1) is 0 Å². The molecule has 0 aromatic rings. The third-order valence-electron chi connectivity index (χ3n) is 0.861. The summed E-state index contributed by atoms with van der Waals surface area (Å²) in [4.78, 5) is 0. The minimum absolute atomic E-state index is 0.380. The molecule has 0 fully saturated rings. The van der Waals surface area contributed by atoms with Crippen molar-refractivity contribution in [2.75, 3.05) is 6.61 Å². The maximum absolute atomic E-state index is 9.00. The van der Waals surface area contributed by atoms with E-state index in [1.165, 1.54) is 0 Å². The first-order valence-corrected chi connectivity index (χ1v) is 3.22. The molecule has 0 heterocycles. The Kier molecular flexibility index (Phi) is 4.89. The fraction of sp³-hybridized carbons (Fsp3) is 0.500. The van der Waals surface area contributed by atoms with Gasteiger partial charge in [0.25, 0.3) is 0 Å². The molecule has 0 spiro atoms. The molecule has 1 unspecified atom stereocenters. The van der Waals surface area contributed by atoms with Crippen molar-refractivity contribution in [3.8, 4) is 0 Å². The second-order valence-electron chi connectivity index (χ2n) is 2.26.